The molecule has 106 valence electrons. The Morgan fingerprint density at radius 2 is 2.10 bits per heavy atom. The summed E-state index contributed by atoms with van der Waals surface area (Å²) in [6, 6.07) is 0. The summed E-state index contributed by atoms with van der Waals surface area (Å²) in [6.45, 7) is 5.52. The summed E-state index contributed by atoms with van der Waals surface area (Å²) in [7, 11) is 0. The number of allylic oxidation sites excluding steroid dienone is 1. The molecule has 1 aliphatic carbocycles. The average molecular weight is 271 g/mol. The van der Waals surface area contributed by atoms with Crippen molar-refractivity contribution in [1.29, 1.82) is 0 Å². The van der Waals surface area contributed by atoms with E-state index in [1.165, 1.54) is 18.4 Å². The SMILES string of the molecule is CC(C(=O)N1Cc2cncnc2[C@@H](C)C1)=C1CCCC1. The molecule has 0 unspecified atom stereocenters. The number of carbonyl (C=O) groups is 1. The zero-order valence-electron chi connectivity index (χ0n) is 12.2. The predicted octanol–water partition coefficient (Wildman–Crippen LogP) is 2.81. The molecule has 1 fully saturated rings. The Hall–Kier alpha value is -1.71. The van der Waals surface area contributed by atoms with Crippen LogP contribution in [-0.4, -0.2) is 27.3 Å². The number of nitrogens with zero attached hydrogens (tertiary/aromatic N) is 3. The summed E-state index contributed by atoms with van der Waals surface area (Å²) in [5.74, 6) is 0.482. The average Bonchev–Trinajstić information content (AvgIpc) is 3.00. The van der Waals surface area contributed by atoms with Gasteiger partial charge in [0.15, 0.2) is 0 Å². The first-order valence-corrected chi connectivity index (χ1v) is 7.43. The predicted molar refractivity (Wildman–Crippen MR) is 77.0 cm³/mol. The Morgan fingerprint density at radius 3 is 2.85 bits per heavy atom. The van der Waals surface area contributed by atoms with Gasteiger partial charge in [0.2, 0.25) is 5.91 Å². The highest BCUT2D eigenvalue weighted by atomic mass is 16.2. The van der Waals surface area contributed by atoms with Crippen molar-refractivity contribution in [1.82, 2.24) is 14.9 Å². The second-order valence-electron chi connectivity index (χ2n) is 5.96. The monoisotopic (exact) mass is 271 g/mol. The van der Waals surface area contributed by atoms with Gasteiger partial charge in [-0.25, -0.2) is 9.97 Å². The zero-order chi connectivity index (χ0) is 14.1. The van der Waals surface area contributed by atoms with Crippen molar-refractivity contribution in [2.75, 3.05) is 6.54 Å². The quantitative estimate of drug-likeness (QED) is 0.738. The molecule has 1 atom stereocenters. The van der Waals surface area contributed by atoms with Crippen LogP contribution < -0.4 is 0 Å². The molecular formula is C16H21N3O. The first-order valence-electron chi connectivity index (χ1n) is 7.43. The normalized spacial score (nSPS) is 21.8. The topological polar surface area (TPSA) is 46.1 Å². The van der Waals surface area contributed by atoms with Crippen molar-refractivity contribution >= 4 is 5.91 Å². The number of carbonyl (C=O) groups excluding carboxylic acids is 1. The van der Waals surface area contributed by atoms with Crippen LogP contribution in [0.2, 0.25) is 0 Å². The molecule has 1 saturated carbocycles. The molecule has 1 aromatic rings. The van der Waals surface area contributed by atoms with Crippen LogP contribution in [0.4, 0.5) is 0 Å². The van der Waals surface area contributed by atoms with E-state index < -0.39 is 0 Å². The first kappa shape index (κ1) is 13.3. The third-order valence-electron chi connectivity index (χ3n) is 4.49. The van der Waals surface area contributed by atoms with E-state index >= 15 is 0 Å². The number of fused-ring (bicyclic) bond motifs is 1. The summed E-state index contributed by atoms with van der Waals surface area (Å²) < 4.78 is 0. The van der Waals surface area contributed by atoms with Crippen LogP contribution in [0.5, 0.6) is 0 Å². The van der Waals surface area contributed by atoms with Gasteiger partial charge in [-0.3, -0.25) is 4.79 Å². The van der Waals surface area contributed by atoms with E-state index in [1.54, 1.807) is 6.33 Å². The molecule has 20 heavy (non-hydrogen) atoms. The standard InChI is InChI=1S/C16H21N3O/c1-11-8-19(9-14-7-17-10-18-15(11)14)16(20)12(2)13-5-3-4-6-13/h7,10-11H,3-6,8-9H2,1-2H3/t11-/m0/s1. The van der Waals surface area contributed by atoms with Gasteiger partial charge in [0.1, 0.15) is 6.33 Å². The van der Waals surface area contributed by atoms with Crippen LogP contribution in [0, 0.1) is 0 Å². The summed E-state index contributed by atoms with van der Waals surface area (Å²) in [6.07, 6.45) is 8.09. The van der Waals surface area contributed by atoms with Crippen LogP contribution in [0.15, 0.2) is 23.7 Å². The van der Waals surface area contributed by atoms with Crippen LogP contribution in [-0.2, 0) is 11.3 Å². The third-order valence-corrected chi connectivity index (χ3v) is 4.49. The Bertz CT molecular complexity index is 557. The third kappa shape index (κ3) is 2.35. The first-order chi connectivity index (χ1) is 9.66. The van der Waals surface area contributed by atoms with Crippen LogP contribution in [0.25, 0.3) is 0 Å². The highest BCUT2D eigenvalue weighted by Crippen LogP contribution is 2.30. The second-order valence-corrected chi connectivity index (χ2v) is 5.96. The minimum absolute atomic E-state index is 0.197. The fraction of sp³-hybridized carbons (Fsp3) is 0.562. The van der Waals surface area contributed by atoms with E-state index in [1.807, 2.05) is 18.0 Å². The number of amides is 1. The number of hydrogen-bond acceptors (Lipinski definition) is 3. The van der Waals surface area contributed by atoms with Crippen LogP contribution >= 0.6 is 0 Å². The lowest BCUT2D eigenvalue weighted by Crippen LogP contribution is -2.38. The van der Waals surface area contributed by atoms with Gasteiger partial charge >= 0.3 is 0 Å². The van der Waals surface area contributed by atoms with Crippen LogP contribution in [0.3, 0.4) is 0 Å². The molecule has 1 aliphatic heterocycles. The molecule has 1 aromatic heterocycles. The maximum absolute atomic E-state index is 12.7. The molecular weight excluding hydrogens is 250 g/mol. The van der Waals surface area contributed by atoms with E-state index in [0.717, 1.165) is 36.2 Å². The largest absolute Gasteiger partial charge is 0.334 e. The van der Waals surface area contributed by atoms with Gasteiger partial charge in [-0.2, -0.15) is 0 Å². The Labute approximate surface area is 119 Å². The highest BCUT2D eigenvalue weighted by molar-refractivity contribution is 5.93. The molecule has 0 radical (unpaired) electrons. The maximum Gasteiger partial charge on any atom is 0.249 e. The summed E-state index contributed by atoms with van der Waals surface area (Å²) in [5.41, 5.74) is 4.51. The molecule has 4 heteroatoms. The van der Waals surface area contributed by atoms with E-state index in [0.29, 0.717) is 6.54 Å². The second kappa shape index (κ2) is 5.35. The highest BCUT2D eigenvalue weighted by Gasteiger charge is 2.28. The molecule has 2 heterocycles. The van der Waals surface area contributed by atoms with E-state index in [9.17, 15) is 4.79 Å². The van der Waals surface area contributed by atoms with Crippen molar-refractivity contribution in [2.45, 2.75) is 52.0 Å². The molecule has 2 aliphatic rings. The lowest BCUT2D eigenvalue weighted by atomic mass is 9.96. The van der Waals surface area contributed by atoms with Gasteiger partial charge < -0.3 is 4.90 Å². The van der Waals surface area contributed by atoms with Crippen molar-refractivity contribution < 1.29 is 4.79 Å². The Balaban J connectivity index is 1.83. The van der Waals surface area contributed by atoms with Gasteiger partial charge in [0.05, 0.1) is 5.69 Å². The molecule has 1 amide bonds. The smallest absolute Gasteiger partial charge is 0.249 e. The van der Waals surface area contributed by atoms with Crippen LogP contribution in [0.1, 0.15) is 56.7 Å². The number of hydrogen-bond donors (Lipinski definition) is 0. The summed E-state index contributed by atoms with van der Waals surface area (Å²) in [5, 5.41) is 0. The number of rotatable bonds is 1. The lowest BCUT2D eigenvalue weighted by molar-refractivity contribution is -0.128. The van der Waals surface area contributed by atoms with Gasteiger partial charge in [-0.1, -0.05) is 12.5 Å². The fourth-order valence-electron chi connectivity index (χ4n) is 3.34. The molecule has 0 bridgehead atoms. The maximum atomic E-state index is 12.7. The van der Waals surface area contributed by atoms with Gasteiger partial charge in [-0.05, 0) is 32.6 Å². The lowest BCUT2D eigenvalue weighted by Gasteiger charge is -2.32. The van der Waals surface area contributed by atoms with E-state index in [2.05, 4.69) is 16.9 Å². The molecule has 0 saturated heterocycles. The molecule has 4 nitrogen and oxygen atoms in total. The van der Waals surface area contributed by atoms with E-state index in [4.69, 9.17) is 0 Å². The van der Waals surface area contributed by atoms with Crippen molar-refractivity contribution in [3.05, 3.63) is 34.9 Å². The molecule has 0 spiro atoms. The summed E-state index contributed by atoms with van der Waals surface area (Å²) in [4.78, 5) is 23.1. The molecule has 3 rings (SSSR count). The molecule has 0 aromatic carbocycles. The van der Waals surface area contributed by atoms with Crippen molar-refractivity contribution in [3.63, 3.8) is 0 Å². The van der Waals surface area contributed by atoms with Gasteiger partial charge in [-0.15, -0.1) is 0 Å². The van der Waals surface area contributed by atoms with Crippen molar-refractivity contribution in [3.8, 4) is 0 Å². The van der Waals surface area contributed by atoms with E-state index in [-0.39, 0.29) is 11.8 Å². The molecule has 0 N–H and O–H groups in total. The Kier molecular flexibility index (Phi) is 3.55. The van der Waals surface area contributed by atoms with Gasteiger partial charge in [0, 0.05) is 36.3 Å². The van der Waals surface area contributed by atoms with Crippen molar-refractivity contribution in [2.24, 2.45) is 0 Å². The Morgan fingerprint density at radius 1 is 1.35 bits per heavy atom. The number of aromatic nitrogens is 2. The summed E-state index contributed by atoms with van der Waals surface area (Å²) >= 11 is 0. The minimum Gasteiger partial charge on any atom is -0.334 e. The van der Waals surface area contributed by atoms with Gasteiger partial charge in [0.25, 0.3) is 0 Å². The zero-order valence-corrected chi connectivity index (χ0v) is 12.2. The minimum atomic E-state index is 0.197. The fourth-order valence-corrected chi connectivity index (χ4v) is 3.34.